The standard InChI is InChI=1S/C26H28FNO3/c1-18(2)31-24-12-4-19(5-13-24)17-28-26(29)16-25(20-6-10-22(27)11-7-20)21-8-14-23(30-3)15-9-21/h4-15,18,25H,16-17H2,1-3H3,(H,28,29)/t25-/m0/s1. The highest BCUT2D eigenvalue weighted by Gasteiger charge is 2.18. The molecule has 0 aliphatic rings. The Morgan fingerprint density at radius 1 is 0.871 bits per heavy atom. The number of halogens is 1. The van der Waals surface area contributed by atoms with Gasteiger partial charge in [0, 0.05) is 18.9 Å². The summed E-state index contributed by atoms with van der Waals surface area (Å²) in [6.07, 6.45) is 0.374. The summed E-state index contributed by atoms with van der Waals surface area (Å²) in [5.74, 6) is 0.990. The number of hydrogen-bond acceptors (Lipinski definition) is 3. The van der Waals surface area contributed by atoms with Crippen molar-refractivity contribution in [1.82, 2.24) is 5.32 Å². The number of carbonyl (C=O) groups is 1. The van der Waals surface area contributed by atoms with Gasteiger partial charge in [-0.2, -0.15) is 0 Å². The van der Waals surface area contributed by atoms with Crippen LogP contribution in [0.15, 0.2) is 72.8 Å². The fourth-order valence-corrected chi connectivity index (χ4v) is 3.38. The molecule has 0 aliphatic heterocycles. The van der Waals surface area contributed by atoms with Crippen LogP contribution in [0.5, 0.6) is 11.5 Å². The molecule has 3 rings (SSSR count). The molecule has 31 heavy (non-hydrogen) atoms. The van der Waals surface area contributed by atoms with Crippen molar-refractivity contribution in [3.8, 4) is 11.5 Å². The highest BCUT2D eigenvalue weighted by Crippen LogP contribution is 2.29. The first kappa shape index (κ1) is 22.3. The number of ether oxygens (including phenoxy) is 2. The van der Waals surface area contributed by atoms with Gasteiger partial charge in [0.15, 0.2) is 0 Å². The maximum absolute atomic E-state index is 13.4. The van der Waals surface area contributed by atoms with Gasteiger partial charge in [0.2, 0.25) is 5.91 Å². The summed E-state index contributed by atoms with van der Waals surface area (Å²) in [5, 5.41) is 2.98. The van der Waals surface area contributed by atoms with Gasteiger partial charge in [-0.15, -0.1) is 0 Å². The van der Waals surface area contributed by atoms with Crippen LogP contribution in [-0.4, -0.2) is 19.1 Å². The predicted octanol–water partition coefficient (Wildman–Crippen LogP) is 5.46. The lowest BCUT2D eigenvalue weighted by Crippen LogP contribution is -2.25. The SMILES string of the molecule is COc1ccc([C@@H](CC(=O)NCc2ccc(OC(C)C)cc2)c2ccc(F)cc2)cc1. The highest BCUT2D eigenvalue weighted by atomic mass is 19.1. The Hall–Kier alpha value is -3.34. The zero-order valence-electron chi connectivity index (χ0n) is 18.1. The van der Waals surface area contributed by atoms with E-state index in [1.165, 1.54) is 12.1 Å². The van der Waals surface area contributed by atoms with Gasteiger partial charge in [0.1, 0.15) is 17.3 Å². The molecule has 0 aliphatic carbocycles. The van der Waals surface area contributed by atoms with Crippen LogP contribution in [-0.2, 0) is 11.3 Å². The van der Waals surface area contributed by atoms with Crippen molar-refractivity contribution in [2.75, 3.05) is 7.11 Å². The van der Waals surface area contributed by atoms with Crippen molar-refractivity contribution in [3.05, 3.63) is 95.3 Å². The molecule has 0 spiro atoms. The molecule has 5 heteroatoms. The second kappa shape index (κ2) is 10.6. The molecule has 0 fully saturated rings. The average Bonchev–Trinajstić information content (AvgIpc) is 2.77. The molecule has 0 saturated carbocycles. The quantitative estimate of drug-likeness (QED) is 0.499. The number of carbonyl (C=O) groups excluding carboxylic acids is 1. The topological polar surface area (TPSA) is 47.6 Å². The van der Waals surface area contributed by atoms with Crippen molar-refractivity contribution < 1.29 is 18.7 Å². The first-order valence-corrected chi connectivity index (χ1v) is 10.4. The summed E-state index contributed by atoms with van der Waals surface area (Å²) in [7, 11) is 1.61. The van der Waals surface area contributed by atoms with Gasteiger partial charge in [0.05, 0.1) is 13.2 Å². The largest absolute Gasteiger partial charge is 0.497 e. The van der Waals surface area contributed by atoms with E-state index in [1.54, 1.807) is 19.2 Å². The Balaban J connectivity index is 1.68. The summed E-state index contributed by atoms with van der Waals surface area (Å²) in [5.41, 5.74) is 2.85. The fourth-order valence-electron chi connectivity index (χ4n) is 3.38. The highest BCUT2D eigenvalue weighted by molar-refractivity contribution is 5.77. The van der Waals surface area contributed by atoms with E-state index in [2.05, 4.69) is 5.32 Å². The predicted molar refractivity (Wildman–Crippen MR) is 120 cm³/mol. The van der Waals surface area contributed by atoms with Crippen LogP contribution in [0.25, 0.3) is 0 Å². The third-order valence-corrected chi connectivity index (χ3v) is 4.96. The molecule has 3 aromatic carbocycles. The second-order valence-corrected chi connectivity index (χ2v) is 7.67. The minimum Gasteiger partial charge on any atom is -0.497 e. The van der Waals surface area contributed by atoms with E-state index in [-0.39, 0.29) is 30.2 Å². The fraction of sp³-hybridized carbons (Fsp3) is 0.269. The number of nitrogens with one attached hydrogen (secondary N) is 1. The van der Waals surface area contributed by atoms with Crippen LogP contribution in [0, 0.1) is 5.82 Å². The van der Waals surface area contributed by atoms with E-state index >= 15 is 0 Å². The van der Waals surface area contributed by atoms with Gasteiger partial charge in [-0.05, 0) is 66.9 Å². The Labute approximate surface area is 183 Å². The van der Waals surface area contributed by atoms with Gasteiger partial charge in [-0.1, -0.05) is 36.4 Å². The maximum Gasteiger partial charge on any atom is 0.221 e. The Bertz CT molecular complexity index is 967. The molecule has 0 saturated heterocycles. The summed E-state index contributed by atoms with van der Waals surface area (Å²) >= 11 is 0. The van der Waals surface area contributed by atoms with E-state index < -0.39 is 0 Å². The lowest BCUT2D eigenvalue weighted by molar-refractivity contribution is -0.121. The van der Waals surface area contributed by atoms with Crippen molar-refractivity contribution >= 4 is 5.91 Å². The number of rotatable bonds is 9. The van der Waals surface area contributed by atoms with Gasteiger partial charge < -0.3 is 14.8 Å². The molecule has 1 atom stereocenters. The number of methoxy groups -OCH3 is 1. The van der Waals surface area contributed by atoms with Crippen LogP contribution in [0.1, 0.15) is 42.9 Å². The lowest BCUT2D eigenvalue weighted by Gasteiger charge is -2.18. The van der Waals surface area contributed by atoms with E-state index in [0.717, 1.165) is 28.2 Å². The monoisotopic (exact) mass is 421 g/mol. The Kier molecular flexibility index (Phi) is 7.65. The smallest absolute Gasteiger partial charge is 0.221 e. The van der Waals surface area contributed by atoms with Crippen LogP contribution in [0.2, 0.25) is 0 Å². The molecule has 162 valence electrons. The summed E-state index contributed by atoms with van der Waals surface area (Å²) in [6.45, 7) is 4.39. The molecule has 3 aromatic rings. The molecule has 1 N–H and O–H groups in total. The molecular formula is C26H28FNO3. The lowest BCUT2D eigenvalue weighted by atomic mass is 9.88. The third kappa shape index (κ3) is 6.57. The Morgan fingerprint density at radius 2 is 1.42 bits per heavy atom. The summed E-state index contributed by atoms with van der Waals surface area (Å²) in [6, 6.07) is 21.6. The van der Waals surface area contributed by atoms with E-state index in [0.29, 0.717) is 6.54 Å². The molecule has 0 bridgehead atoms. The van der Waals surface area contributed by atoms with Gasteiger partial charge in [-0.3, -0.25) is 4.79 Å². The van der Waals surface area contributed by atoms with Crippen LogP contribution in [0.4, 0.5) is 4.39 Å². The number of hydrogen-bond donors (Lipinski definition) is 1. The van der Waals surface area contributed by atoms with E-state index in [1.807, 2.05) is 62.4 Å². The van der Waals surface area contributed by atoms with Crippen molar-refractivity contribution in [2.24, 2.45) is 0 Å². The van der Waals surface area contributed by atoms with Crippen molar-refractivity contribution in [3.63, 3.8) is 0 Å². The van der Waals surface area contributed by atoms with Crippen molar-refractivity contribution in [2.45, 2.75) is 38.8 Å². The minimum atomic E-state index is -0.299. The van der Waals surface area contributed by atoms with Gasteiger partial charge >= 0.3 is 0 Å². The zero-order valence-corrected chi connectivity index (χ0v) is 18.1. The van der Waals surface area contributed by atoms with E-state index in [4.69, 9.17) is 9.47 Å². The zero-order chi connectivity index (χ0) is 22.2. The first-order chi connectivity index (χ1) is 14.9. The van der Waals surface area contributed by atoms with Crippen molar-refractivity contribution in [1.29, 1.82) is 0 Å². The summed E-state index contributed by atoms with van der Waals surface area (Å²) < 4.78 is 24.3. The molecule has 4 nitrogen and oxygen atoms in total. The molecule has 0 heterocycles. The van der Waals surface area contributed by atoms with Gasteiger partial charge in [0.25, 0.3) is 0 Å². The van der Waals surface area contributed by atoms with Crippen LogP contribution in [0.3, 0.4) is 0 Å². The van der Waals surface area contributed by atoms with E-state index in [9.17, 15) is 9.18 Å². The molecule has 0 unspecified atom stereocenters. The Morgan fingerprint density at radius 3 is 1.97 bits per heavy atom. The van der Waals surface area contributed by atoms with Crippen LogP contribution < -0.4 is 14.8 Å². The first-order valence-electron chi connectivity index (χ1n) is 10.4. The molecule has 0 radical (unpaired) electrons. The number of benzene rings is 3. The molecule has 1 amide bonds. The maximum atomic E-state index is 13.4. The van der Waals surface area contributed by atoms with Crippen LogP contribution >= 0.6 is 0 Å². The second-order valence-electron chi connectivity index (χ2n) is 7.67. The average molecular weight is 422 g/mol. The van der Waals surface area contributed by atoms with Gasteiger partial charge in [-0.25, -0.2) is 4.39 Å². The molecular weight excluding hydrogens is 393 g/mol. The normalized spacial score (nSPS) is 11.8. The number of amides is 1. The summed E-state index contributed by atoms with van der Waals surface area (Å²) in [4.78, 5) is 12.7. The minimum absolute atomic E-state index is 0.0763. The molecule has 0 aromatic heterocycles. The third-order valence-electron chi connectivity index (χ3n) is 4.96.